The van der Waals surface area contributed by atoms with Gasteiger partial charge in [0.15, 0.2) is 5.60 Å². The van der Waals surface area contributed by atoms with Crippen LogP contribution in [0, 0.1) is 0 Å². The molecule has 1 N–H and O–H groups in total. The number of hydrogen-bond acceptors (Lipinski definition) is 5. The Kier molecular flexibility index (Phi) is 5.86. The first-order valence-corrected chi connectivity index (χ1v) is 10.2. The summed E-state index contributed by atoms with van der Waals surface area (Å²) in [6, 6.07) is 18.2. The molecule has 7 heteroatoms. The summed E-state index contributed by atoms with van der Waals surface area (Å²) in [5.74, 6) is -0.881. The van der Waals surface area contributed by atoms with Gasteiger partial charge in [0.1, 0.15) is 6.61 Å². The number of hydrogen-bond donors (Lipinski definition) is 1. The zero-order valence-electron chi connectivity index (χ0n) is 17.3. The summed E-state index contributed by atoms with van der Waals surface area (Å²) in [7, 11) is 0. The molecule has 2 heterocycles. The van der Waals surface area contributed by atoms with E-state index in [0.29, 0.717) is 24.1 Å². The maximum Gasteiger partial charge on any atom is 0.324 e. The smallest absolute Gasteiger partial charge is 0.324 e. The van der Waals surface area contributed by atoms with E-state index in [1.54, 1.807) is 0 Å². The molecule has 0 spiro atoms. The molecule has 0 fully saturated rings. The monoisotopic (exact) mass is 420 g/mol. The highest BCUT2D eigenvalue weighted by molar-refractivity contribution is 6.06. The standard InChI is InChI=1S/C24H24N2O5/c1-17(27)30-16-24(20-10-6-3-7-11-20)21-19(15-31-24)12-13-26(22(21)28)23(29)25-14-18-8-4-2-5-9-18/h2-11H,12-16H2,1H3,(H,25,29). The second kappa shape index (κ2) is 8.73. The number of ether oxygens (including phenoxy) is 2. The highest BCUT2D eigenvalue weighted by Crippen LogP contribution is 2.44. The summed E-state index contributed by atoms with van der Waals surface area (Å²) in [6.07, 6.45) is 0.522. The van der Waals surface area contributed by atoms with Crippen molar-refractivity contribution in [3.63, 3.8) is 0 Å². The van der Waals surface area contributed by atoms with Crippen molar-refractivity contribution < 1.29 is 23.9 Å². The van der Waals surface area contributed by atoms with E-state index in [9.17, 15) is 14.4 Å². The van der Waals surface area contributed by atoms with Crippen LogP contribution in [-0.4, -0.2) is 42.6 Å². The summed E-state index contributed by atoms with van der Waals surface area (Å²) in [5, 5.41) is 2.81. The second-order valence-electron chi connectivity index (χ2n) is 7.59. The minimum absolute atomic E-state index is 0.129. The Balaban J connectivity index is 1.60. The number of carbonyl (C=O) groups excluding carboxylic acids is 3. The number of imide groups is 1. The molecule has 2 aromatic carbocycles. The fourth-order valence-electron chi connectivity index (χ4n) is 4.04. The van der Waals surface area contributed by atoms with Gasteiger partial charge in [-0.3, -0.25) is 14.5 Å². The summed E-state index contributed by atoms with van der Waals surface area (Å²) >= 11 is 0. The Morgan fingerprint density at radius 2 is 1.77 bits per heavy atom. The van der Waals surface area contributed by atoms with E-state index >= 15 is 0 Å². The summed E-state index contributed by atoms with van der Waals surface area (Å²) in [6.45, 7) is 2.05. The van der Waals surface area contributed by atoms with Gasteiger partial charge in [0.05, 0.1) is 12.2 Å². The van der Waals surface area contributed by atoms with Gasteiger partial charge in [-0.2, -0.15) is 0 Å². The third-order valence-electron chi connectivity index (χ3n) is 5.60. The van der Waals surface area contributed by atoms with Gasteiger partial charge < -0.3 is 14.8 Å². The second-order valence-corrected chi connectivity index (χ2v) is 7.59. The van der Waals surface area contributed by atoms with Gasteiger partial charge in [-0.25, -0.2) is 4.79 Å². The van der Waals surface area contributed by atoms with Crippen LogP contribution in [0.5, 0.6) is 0 Å². The number of benzene rings is 2. The average molecular weight is 420 g/mol. The topological polar surface area (TPSA) is 84.9 Å². The molecule has 1 atom stereocenters. The van der Waals surface area contributed by atoms with Gasteiger partial charge in [-0.15, -0.1) is 0 Å². The van der Waals surface area contributed by atoms with Crippen molar-refractivity contribution in [1.82, 2.24) is 10.2 Å². The van der Waals surface area contributed by atoms with Crippen LogP contribution in [0.2, 0.25) is 0 Å². The number of carbonyl (C=O) groups is 3. The van der Waals surface area contributed by atoms with E-state index in [-0.39, 0.29) is 19.8 Å². The summed E-state index contributed by atoms with van der Waals surface area (Å²) < 4.78 is 11.4. The molecule has 160 valence electrons. The first-order valence-electron chi connectivity index (χ1n) is 10.2. The van der Waals surface area contributed by atoms with Crippen molar-refractivity contribution in [2.75, 3.05) is 19.8 Å². The lowest BCUT2D eigenvalue weighted by atomic mass is 9.82. The molecule has 0 aliphatic carbocycles. The lowest BCUT2D eigenvalue weighted by Gasteiger charge is -2.34. The molecule has 7 nitrogen and oxygen atoms in total. The molecule has 3 amide bonds. The molecule has 0 aromatic heterocycles. The molecular formula is C24H24N2O5. The molecule has 0 saturated heterocycles. The molecule has 2 aliphatic rings. The van der Waals surface area contributed by atoms with Crippen molar-refractivity contribution in [2.24, 2.45) is 0 Å². The molecule has 2 aliphatic heterocycles. The van der Waals surface area contributed by atoms with Crippen LogP contribution in [0.25, 0.3) is 0 Å². The SMILES string of the molecule is CC(=O)OCC1(c2ccccc2)OCC2=C1C(=O)N(C(=O)NCc1ccccc1)CC2. The Labute approximate surface area is 180 Å². The van der Waals surface area contributed by atoms with Gasteiger partial charge in [-0.1, -0.05) is 60.7 Å². The molecule has 0 radical (unpaired) electrons. The van der Waals surface area contributed by atoms with Crippen molar-refractivity contribution in [3.8, 4) is 0 Å². The molecule has 0 saturated carbocycles. The van der Waals surface area contributed by atoms with Gasteiger partial charge in [0.25, 0.3) is 5.91 Å². The number of esters is 1. The van der Waals surface area contributed by atoms with Crippen molar-refractivity contribution in [2.45, 2.75) is 25.5 Å². The van der Waals surface area contributed by atoms with Crippen LogP contribution < -0.4 is 5.32 Å². The van der Waals surface area contributed by atoms with Crippen LogP contribution in [0.3, 0.4) is 0 Å². The summed E-state index contributed by atoms with van der Waals surface area (Å²) in [5.41, 5.74) is 1.66. The van der Waals surface area contributed by atoms with Crippen LogP contribution in [-0.2, 0) is 31.2 Å². The first-order chi connectivity index (χ1) is 15.0. The molecule has 2 aromatic rings. The Bertz CT molecular complexity index is 1020. The minimum atomic E-state index is -1.22. The van der Waals surface area contributed by atoms with E-state index in [1.165, 1.54) is 11.8 Å². The lowest BCUT2D eigenvalue weighted by molar-refractivity contribution is -0.150. The van der Waals surface area contributed by atoms with Crippen LogP contribution in [0.1, 0.15) is 24.5 Å². The highest BCUT2D eigenvalue weighted by Gasteiger charge is 2.51. The molecule has 31 heavy (non-hydrogen) atoms. The van der Waals surface area contributed by atoms with Crippen molar-refractivity contribution in [1.29, 1.82) is 0 Å². The molecule has 4 rings (SSSR count). The number of nitrogens with zero attached hydrogens (tertiary/aromatic N) is 1. The minimum Gasteiger partial charge on any atom is -0.462 e. The maximum atomic E-state index is 13.5. The number of nitrogens with one attached hydrogen (secondary N) is 1. The van der Waals surface area contributed by atoms with Crippen LogP contribution in [0.4, 0.5) is 4.79 Å². The predicted molar refractivity (Wildman–Crippen MR) is 113 cm³/mol. The van der Waals surface area contributed by atoms with E-state index in [1.807, 2.05) is 60.7 Å². The Morgan fingerprint density at radius 3 is 2.45 bits per heavy atom. The predicted octanol–water partition coefficient (Wildman–Crippen LogP) is 2.91. The highest BCUT2D eigenvalue weighted by atomic mass is 16.6. The number of amides is 3. The zero-order valence-corrected chi connectivity index (χ0v) is 17.3. The quantitative estimate of drug-likeness (QED) is 0.752. The molecular weight excluding hydrogens is 396 g/mol. The third kappa shape index (κ3) is 4.09. The van der Waals surface area contributed by atoms with Gasteiger partial charge in [0, 0.05) is 20.0 Å². The fraction of sp³-hybridized carbons (Fsp3) is 0.292. The van der Waals surface area contributed by atoms with Crippen molar-refractivity contribution in [3.05, 3.63) is 82.9 Å². The van der Waals surface area contributed by atoms with E-state index in [0.717, 1.165) is 11.1 Å². The Morgan fingerprint density at radius 1 is 1.10 bits per heavy atom. The largest absolute Gasteiger partial charge is 0.462 e. The Hall–Kier alpha value is -3.45. The molecule has 1 unspecified atom stereocenters. The lowest BCUT2D eigenvalue weighted by Crippen LogP contribution is -2.50. The maximum absolute atomic E-state index is 13.5. The van der Waals surface area contributed by atoms with Crippen molar-refractivity contribution >= 4 is 17.9 Å². The van der Waals surface area contributed by atoms with E-state index < -0.39 is 23.5 Å². The summed E-state index contributed by atoms with van der Waals surface area (Å²) in [4.78, 5) is 39.1. The van der Waals surface area contributed by atoms with E-state index in [2.05, 4.69) is 5.32 Å². The van der Waals surface area contributed by atoms with Gasteiger partial charge in [-0.05, 0) is 23.1 Å². The first kappa shape index (κ1) is 20.8. The van der Waals surface area contributed by atoms with Crippen LogP contribution in [0.15, 0.2) is 71.8 Å². The number of urea groups is 1. The molecule has 0 bridgehead atoms. The average Bonchev–Trinajstić information content (AvgIpc) is 3.18. The fourth-order valence-corrected chi connectivity index (χ4v) is 4.04. The third-order valence-corrected chi connectivity index (χ3v) is 5.60. The number of rotatable bonds is 5. The van der Waals surface area contributed by atoms with Crippen LogP contribution >= 0.6 is 0 Å². The van der Waals surface area contributed by atoms with E-state index in [4.69, 9.17) is 9.47 Å². The normalized spacial score (nSPS) is 20.4. The van der Waals surface area contributed by atoms with Gasteiger partial charge in [0.2, 0.25) is 0 Å². The zero-order chi connectivity index (χ0) is 21.8. The van der Waals surface area contributed by atoms with Gasteiger partial charge >= 0.3 is 12.0 Å².